The Morgan fingerprint density at radius 1 is 1.17 bits per heavy atom. The highest BCUT2D eigenvalue weighted by molar-refractivity contribution is 5.97. The average molecular weight is 393 g/mol. The van der Waals surface area contributed by atoms with E-state index >= 15 is 0 Å². The second-order valence-electron chi connectivity index (χ2n) is 7.53. The lowest BCUT2D eigenvalue weighted by Gasteiger charge is -2.19. The molecule has 0 spiro atoms. The van der Waals surface area contributed by atoms with Crippen molar-refractivity contribution in [2.75, 3.05) is 36.5 Å². The van der Waals surface area contributed by atoms with Crippen molar-refractivity contribution < 1.29 is 4.79 Å². The summed E-state index contributed by atoms with van der Waals surface area (Å²) in [5.74, 6) is 1.88. The Kier molecular flexibility index (Phi) is 5.93. The van der Waals surface area contributed by atoms with Crippen LogP contribution in [0.5, 0.6) is 0 Å². The van der Waals surface area contributed by atoms with E-state index in [0.29, 0.717) is 25.5 Å². The number of nitrogens with one attached hydrogen (secondary N) is 2. The number of aliphatic imine (C=N–C) groups is 1. The number of amides is 1. The zero-order chi connectivity index (χ0) is 20.1. The predicted octanol–water partition coefficient (Wildman–Crippen LogP) is 2.15. The van der Waals surface area contributed by atoms with E-state index in [0.717, 1.165) is 30.2 Å². The van der Waals surface area contributed by atoms with Crippen LogP contribution in [0.2, 0.25) is 0 Å². The average Bonchev–Trinajstić information content (AvgIpc) is 3.42. The Morgan fingerprint density at radius 2 is 1.97 bits per heavy atom. The number of guanidine groups is 1. The minimum absolute atomic E-state index is 0.0320. The number of hydrogen-bond acceptors (Lipinski definition) is 4. The molecule has 1 atom stereocenters. The molecule has 1 aromatic heterocycles. The zero-order valence-corrected chi connectivity index (χ0v) is 16.8. The van der Waals surface area contributed by atoms with E-state index < -0.39 is 0 Å². The maximum absolute atomic E-state index is 12.4. The number of anilines is 2. The van der Waals surface area contributed by atoms with Crippen LogP contribution in [0.1, 0.15) is 24.8 Å². The van der Waals surface area contributed by atoms with Crippen LogP contribution in [-0.4, -0.2) is 49.6 Å². The summed E-state index contributed by atoms with van der Waals surface area (Å²) < 4.78 is 0. The van der Waals surface area contributed by atoms with Gasteiger partial charge < -0.3 is 20.4 Å². The van der Waals surface area contributed by atoms with Crippen LogP contribution in [0.3, 0.4) is 0 Å². The first-order valence-electron chi connectivity index (χ1n) is 10.3. The number of aromatic nitrogens is 1. The molecule has 0 saturated carbocycles. The number of hydrogen-bond donors (Lipinski definition) is 2. The van der Waals surface area contributed by atoms with E-state index in [-0.39, 0.29) is 11.9 Å². The van der Waals surface area contributed by atoms with Gasteiger partial charge in [0.25, 0.3) is 0 Å². The lowest BCUT2D eigenvalue weighted by atomic mass is 10.2. The molecule has 7 heteroatoms. The molecule has 0 aliphatic carbocycles. The van der Waals surface area contributed by atoms with Crippen LogP contribution < -0.4 is 20.4 Å². The monoisotopic (exact) mass is 392 g/mol. The van der Waals surface area contributed by atoms with Gasteiger partial charge in [0.2, 0.25) is 5.91 Å². The van der Waals surface area contributed by atoms with Crippen molar-refractivity contribution in [1.82, 2.24) is 15.6 Å². The number of nitrogens with zero attached hydrogens (tertiary/aromatic N) is 4. The van der Waals surface area contributed by atoms with Gasteiger partial charge in [0.15, 0.2) is 5.96 Å². The van der Waals surface area contributed by atoms with Gasteiger partial charge >= 0.3 is 0 Å². The molecule has 2 aliphatic heterocycles. The highest BCUT2D eigenvalue weighted by Gasteiger charge is 2.31. The SMILES string of the molecule is CN=C(NCc1ccc(N2CCCC2)nc1)NC1CC(=O)N(c2ccccc2)C1. The van der Waals surface area contributed by atoms with E-state index in [1.54, 1.807) is 7.05 Å². The summed E-state index contributed by atoms with van der Waals surface area (Å²) in [6.45, 7) is 3.47. The molecule has 3 heterocycles. The Hall–Kier alpha value is -3.09. The van der Waals surface area contributed by atoms with Gasteiger partial charge in [-0.2, -0.15) is 0 Å². The maximum atomic E-state index is 12.4. The number of carbonyl (C=O) groups excluding carboxylic acids is 1. The minimum atomic E-state index is 0.0320. The molecular formula is C22H28N6O. The van der Waals surface area contributed by atoms with Crippen LogP contribution in [-0.2, 0) is 11.3 Å². The van der Waals surface area contributed by atoms with E-state index in [9.17, 15) is 4.79 Å². The summed E-state index contributed by atoms with van der Waals surface area (Å²) in [5.41, 5.74) is 2.04. The number of carbonyl (C=O) groups is 1. The first-order chi connectivity index (χ1) is 14.2. The number of pyridine rings is 1. The molecule has 0 bridgehead atoms. The fourth-order valence-electron chi connectivity index (χ4n) is 3.89. The Bertz CT molecular complexity index is 845. The lowest BCUT2D eigenvalue weighted by molar-refractivity contribution is -0.117. The topological polar surface area (TPSA) is 72.9 Å². The van der Waals surface area contributed by atoms with Gasteiger partial charge in [-0.15, -0.1) is 0 Å². The molecular weight excluding hydrogens is 364 g/mol. The molecule has 1 amide bonds. The largest absolute Gasteiger partial charge is 0.357 e. The summed E-state index contributed by atoms with van der Waals surface area (Å²) >= 11 is 0. The molecule has 2 fully saturated rings. The fraction of sp³-hybridized carbons (Fsp3) is 0.409. The van der Waals surface area contributed by atoms with E-state index in [4.69, 9.17) is 0 Å². The third-order valence-corrected chi connectivity index (χ3v) is 5.46. The van der Waals surface area contributed by atoms with Crippen molar-refractivity contribution in [2.45, 2.75) is 31.8 Å². The summed E-state index contributed by atoms with van der Waals surface area (Å²) in [4.78, 5) is 25.4. The first kappa shape index (κ1) is 19.2. The zero-order valence-electron chi connectivity index (χ0n) is 16.8. The van der Waals surface area contributed by atoms with Gasteiger partial charge in [-0.1, -0.05) is 24.3 Å². The van der Waals surface area contributed by atoms with Gasteiger partial charge in [-0.25, -0.2) is 4.98 Å². The van der Waals surface area contributed by atoms with Crippen molar-refractivity contribution in [3.8, 4) is 0 Å². The summed E-state index contributed by atoms with van der Waals surface area (Å²) in [7, 11) is 1.75. The van der Waals surface area contributed by atoms with E-state index in [2.05, 4.69) is 37.6 Å². The lowest BCUT2D eigenvalue weighted by Crippen LogP contribution is -2.44. The fourth-order valence-corrected chi connectivity index (χ4v) is 3.89. The molecule has 1 unspecified atom stereocenters. The molecule has 7 nitrogen and oxygen atoms in total. The number of rotatable bonds is 5. The van der Waals surface area contributed by atoms with Gasteiger partial charge in [-0.3, -0.25) is 9.79 Å². The number of benzene rings is 1. The van der Waals surface area contributed by atoms with Crippen molar-refractivity contribution in [3.05, 3.63) is 54.2 Å². The Balaban J connectivity index is 1.29. The van der Waals surface area contributed by atoms with Crippen LogP contribution in [0, 0.1) is 0 Å². The molecule has 0 radical (unpaired) electrons. The first-order valence-corrected chi connectivity index (χ1v) is 10.3. The molecule has 2 saturated heterocycles. The van der Waals surface area contributed by atoms with E-state index in [1.165, 1.54) is 12.8 Å². The van der Waals surface area contributed by atoms with Gasteiger partial charge in [0.1, 0.15) is 5.82 Å². The molecule has 1 aromatic carbocycles. The molecule has 152 valence electrons. The quantitative estimate of drug-likeness (QED) is 0.603. The molecule has 2 aliphatic rings. The second-order valence-corrected chi connectivity index (χ2v) is 7.53. The molecule has 4 rings (SSSR count). The Morgan fingerprint density at radius 3 is 2.66 bits per heavy atom. The summed E-state index contributed by atoms with van der Waals surface area (Å²) in [6, 6.07) is 14.0. The molecule has 29 heavy (non-hydrogen) atoms. The highest BCUT2D eigenvalue weighted by Crippen LogP contribution is 2.21. The van der Waals surface area contributed by atoms with E-state index in [1.807, 2.05) is 41.4 Å². The highest BCUT2D eigenvalue weighted by atomic mass is 16.2. The Labute approximate surface area is 171 Å². The summed E-state index contributed by atoms with van der Waals surface area (Å²) in [6.07, 6.45) is 4.88. The normalized spacial score (nSPS) is 19.7. The third kappa shape index (κ3) is 4.67. The van der Waals surface area contributed by atoms with Crippen molar-refractivity contribution in [3.63, 3.8) is 0 Å². The van der Waals surface area contributed by atoms with Crippen LogP contribution in [0.25, 0.3) is 0 Å². The second kappa shape index (κ2) is 8.94. The minimum Gasteiger partial charge on any atom is -0.357 e. The van der Waals surface area contributed by atoms with Crippen molar-refractivity contribution in [2.24, 2.45) is 4.99 Å². The predicted molar refractivity (Wildman–Crippen MR) is 116 cm³/mol. The molecule has 2 aromatic rings. The van der Waals surface area contributed by atoms with Crippen molar-refractivity contribution >= 4 is 23.4 Å². The smallest absolute Gasteiger partial charge is 0.229 e. The van der Waals surface area contributed by atoms with Crippen molar-refractivity contribution in [1.29, 1.82) is 0 Å². The standard InChI is InChI=1S/C22H28N6O/c1-23-22(25-15-17-9-10-20(24-14-17)27-11-5-6-12-27)26-18-13-21(29)28(16-18)19-7-3-2-4-8-19/h2-4,7-10,14,18H,5-6,11-13,15-16H2,1H3,(H2,23,25,26). The van der Waals surface area contributed by atoms with Gasteiger partial charge in [-0.05, 0) is 36.6 Å². The summed E-state index contributed by atoms with van der Waals surface area (Å²) in [5, 5.41) is 6.70. The number of para-hydroxylation sites is 1. The van der Waals surface area contributed by atoms with Crippen LogP contribution in [0.4, 0.5) is 11.5 Å². The van der Waals surface area contributed by atoms with Gasteiger partial charge in [0.05, 0.1) is 6.04 Å². The van der Waals surface area contributed by atoms with Crippen LogP contribution in [0.15, 0.2) is 53.7 Å². The van der Waals surface area contributed by atoms with Crippen LogP contribution >= 0.6 is 0 Å². The molecule has 2 N–H and O–H groups in total. The maximum Gasteiger partial charge on any atom is 0.229 e. The third-order valence-electron chi connectivity index (χ3n) is 5.46. The van der Waals surface area contributed by atoms with Gasteiger partial charge in [0, 0.05) is 51.5 Å².